The average molecular weight is 483 g/mol. The number of carbonyl (C=O) groups excluding carboxylic acids is 2. The Balaban J connectivity index is 1.65. The van der Waals surface area contributed by atoms with Crippen LogP contribution in [0.1, 0.15) is 6.42 Å². The molecule has 1 atom stereocenters. The number of amidine groups is 1. The number of rotatable bonds is 4. The summed E-state index contributed by atoms with van der Waals surface area (Å²) >= 11 is 3.43. The highest BCUT2D eigenvalue weighted by molar-refractivity contribution is 14.1. The number of nitrogens with zero attached hydrogens (tertiary/aromatic N) is 2. The third kappa shape index (κ3) is 4.61. The number of halogens is 2. The predicted octanol–water partition coefficient (Wildman–Crippen LogP) is 4.02. The molecular weight excluding hydrogens is 468 g/mol. The molecule has 2 aromatic carbocycles. The third-order valence-electron chi connectivity index (χ3n) is 3.69. The highest BCUT2D eigenvalue weighted by Gasteiger charge is 2.36. The quantitative estimate of drug-likeness (QED) is 0.669. The summed E-state index contributed by atoms with van der Waals surface area (Å²) in [5.41, 5.74) is 1.25. The number of amides is 2. The lowest BCUT2D eigenvalue weighted by Gasteiger charge is -2.09. The molecule has 0 spiro atoms. The lowest BCUT2D eigenvalue weighted by atomic mass is 10.2. The van der Waals surface area contributed by atoms with Gasteiger partial charge in [-0.25, -0.2) is 9.38 Å². The van der Waals surface area contributed by atoms with Gasteiger partial charge in [-0.1, -0.05) is 11.8 Å². The third-order valence-corrected chi connectivity index (χ3v) is 5.64. The summed E-state index contributed by atoms with van der Waals surface area (Å²) in [7, 11) is 1.62. The van der Waals surface area contributed by atoms with Crippen LogP contribution >= 0.6 is 34.4 Å². The van der Waals surface area contributed by atoms with Crippen molar-refractivity contribution in [2.24, 2.45) is 4.99 Å². The van der Waals surface area contributed by atoms with Crippen molar-refractivity contribution in [1.82, 2.24) is 4.90 Å². The van der Waals surface area contributed by atoms with Crippen LogP contribution in [-0.4, -0.2) is 34.2 Å². The molecule has 2 aromatic rings. The van der Waals surface area contributed by atoms with E-state index in [1.165, 1.54) is 40.9 Å². The van der Waals surface area contributed by atoms with Crippen LogP contribution in [0.2, 0.25) is 0 Å². The first-order valence-corrected chi connectivity index (χ1v) is 9.72. The van der Waals surface area contributed by atoms with E-state index in [2.05, 4.69) is 32.9 Å². The van der Waals surface area contributed by atoms with Crippen LogP contribution in [0.25, 0.3) is 0 Å². The molecule has 0 saturated carbocycles. The summed E-state index contributed by atoms with van der Waals surface area (Å²) in [5.74, 6) is -0.746. The van der Waals surface area contributed by atoms with Crippen molar-refractivity contribution in [1.29, 1.82) is 0 Å². The summed E-state index contributed by atoms with van der Waals surface area (Å²) in [4.78, 5) is 30.4. The summed E-state index contributed by atoms with van der Waals surface area (Å²) in [6.45, 7) is 0. The molecule has 3 rings (SSSR count). The van der Waals surface area contributed by atoms with Crippen molar-refractivity contribution in [3.63, 3.8) is 0 Å². The molecule has 0 radical (unpaired) electrons. The zero-order valence-corrected chi connectivity index (χ0v) is 16.8. The highest BCUT2D eigenvalue weighted by atomic mass is 127. The molecule has 5 nitrogen and oxygen atoms in total. The zero-order chi connectivity index (χ0) is 18.7. The second kappa shape index (κ2) is 8.17. The molecule has 0 bridgehead atoms. The summed E-state index contributed by atoms with van der Waals surface area (Å²) in [5, 5.41) is 2.76. The van der Waals surface area contributed by atoms with Crippen molar-refractivity contribution < 1.29 is 14.0 Å². The smallest absolute Gasteiger partial charge is 0.242 e. The van der Waals surface area contributed by atoms with Crippen molar-refractivity contribution in [2.45, 2.75) is 11.7 Å². The van der Waals surface area contributed by atoms with E-state index in [0.29, 0.717) is 16.5 Å². The Morgan fingerprint density at radius 1 is 1.23 bits per heavy atom. The van der Waals surface area contributed by atoms with Crippen molar-refractivity contribution in [3.05, 3.63) is 57.9 Å². The molecule has 26 heavy (non-hydrogen) atoms. The van der Waals surface area contributed by atoms with Gasteiger partial charge >= 0.3 is 0 Å². The molecule has 2 amide bonds. The van der Waals surface area contributed by atoms with Gasteiger partial charge in [-0.3, -0.25) is 14.5 Å². The van der Waals surface area contributed by atoms with Crippen LogP contribution in [0, 0.1) is 9.39 Å². The number of aliphatic imine (C=N–C) groups is 1. The Morgan fingerprint density at radius 3 is 2.54 bits per heavy atom. The molecule has 0 aromatic heterocycles. The minimum Gasteiger partial charge on any atom is -0.326 e. The van der Waals surface area contributed by atoms with Gasteiger partial charge in [0.05, 0.1) is 5.69 Å². The normalized spacial score (nSPS) is 18.4. The standard InChI is InChI=1S/C18H15FIN3O2S/c1-23-17(25)15(10-16(24)21-13-8-4-12(20)5-9-13)26-18(23)22-14-6-2-11(19)3-7-14/h2-9,15H,10H2,1H3,(H,21,24). The lowest BCUT2D eigenvalue weighted by Crippen LogP contribution is -2.30. The van der Waals surface area contributed by atoms with Crippen molar-refractivity contribution in [3.8, 4) is 0 Å². The maximum absolute atomic E-state index is 13.0. The van der Waals surface area contributed by atoms with Gasteiger partial charge in [-0.2, -0.15) is 0 Å². The molecule has 8 heteroatoms. The number of benzene rings is 2. The van der Waals surface area contributed by atoms with Gasteiger partial charge in [0.2, 0.25) is 11.8 Å². The second-order valence-electron chi connectivity index (χ2n) is 5.63. The Morgan fingerprint density at radius 2 is 1.88 bits per heavy atom. The first-order valence-electron chi connectivity index (χ1n) is 7.76. The first-order chi connectivity index (χ1) is 12.4. The van der Waals surface area contributed by atoms with Gasteiger partial charge in [0.25, 0.3) is 0 Å². The van der Waals surface area contributed by atoms with E-state index in [4.69, 9.17) is 0 Å². The second-order valence-corrected chi connectivity index (χ2v) is 8.05. The molecule has 1 heterocycles. The first kappa shape index (κ1) is 18.8. The monoisotopic (exact) mass is 483 g/mol. The van der Waals surface area contributed by atoms with Gasteiger partial charge in [0.15, 0.2) is 5.17 Å². The van der Waals surface area contributed by atoms with Gasteiger partial charge < -0.3 is 5.32 Å². The summed E-state index contributed by atoms with van der Waals surface area (Å²) < 4.78 is 14.1. The Labute approximate surface area is 168 Å². The van der Waals surface area contributed by atoms with Gasteiger partial charge in [0, 0.05) is 22.7 Å². The van der Waals surface area contributed by atoms with E-state index in [9.17, 15) is 14.0 Å². The van der Waals surface area contributed by atoms with Gasteiger partial charge in [-0.05, 0) is 71.1 Å². The van der Waals surface area contributed by atoms with E-state index >= 15 is 0 Å². The highest BCUT2D eigenvalue weighted by Crippen LogP contribution is 2.30. The lowest BCUT2D eigenvalue weighted by molar-refractivity contribution is -0.127. The van der Waals surface area contributed by atoms with Crippen LogP contribution in [0.15, 0.2) is 53.5 Å². The number of carbonyl (C=O) groups is 2. The fourth-order valence-electron chi connectivity index (χ4n) is 2.34. The van der Waals surface area contributed by atoms with Crippen LogP contribution in [-0.2, 0) is 9.59 Å². The van der Waals surface area contributed by atoms with E-state index in [1.54, 1.807) is 7.05 Å². The van der Waals surface area contributed by atoms with Crippen molar-refractivity contribution >= 4 is 62.7 Å². The molecule has 1 aliphatic rings. The van der Waals surface area contributed by atoms with Gasteiger partial charge in [-0.15, -0.1) is 0 Å². The molecule has 1 unspecified atom stereocenters. The molecule has 1 fully saturated rings. The predicted molar refractivity (Wildman–Crippen MR) is 110 cm³/mol. The Kier molecular flexibility index (Phi) is 5.92. The fourth-order valence-corrected chi connectivity index (χ4v) is 3.85. The molecule has 0 aliphatic carbocycles. The summed E-state index contributed by atoms with van der Waals surface area (Å²) in [6.07, 6.45) is 0.0578. The molecular formula is C18H15FIN3O2S. The van der Waals surface area contributed by atoms with Crippen LogP contribution in [0.3, 0.4) is 0 Å². The average Bonchev–Trinajstić information content (AvgIpc) is 2.87. The van der Waals surface area contributed by atoms with Crippen LogP contribution < -0.4 is 5.32 Å². The number of anilines is 1. The maximum Gasteiger partial charge on any atom is 0.242 e. The van der Waals surface area contributed by atoms with Crippen molar-refractivity contribution in [2.75, 3.05) is 12.4 Å². The molecule has 1 N–H and O–H groups in total. The molecule has 1 saturated heterocycles. The SMILES string of the molecule is CN1C(=O)C(CC(=O)Nc2ccc(I)cc2)SC1=Nc1ccc(F)cc1. The zero-order valence-electron chi connectivity index (χ0n) is 13.8. The van der Waals surface area contributed by atoms with E-state index in [-0.39, 0.29) is 24.1 Å². The summed E-state index contributed by atoms with van der Waals surface area (Å²) in [6, 6.07) is 13.1. The number of hydrogen-bond donors (Lipinski definition) is 1. The van der Waals surface area contributed by atoms with E-state index in [0.717, 1.165) is 3.57 Å². The van der Waals surface area contributed by atoms with E-state index < -0.39 is 5.25 Å². The number of thioether (sulfide) groups is 1. The fraction of sp³-hybridized carbons (Fsp3) is 0.167. The minimum atomic E-state index is -0.525. The van der Waals surface area contributed by atoms with Crippen LogP contribution in [0.4, 0.5) is 15.8 Å². The minimum absolute atomic E-state index is 0.0578. The van der Waals surface area contributed by atoms with E-state index in [1.807, 2.05) is 24.3 Å². The largest absolute Gasteiger partial charge is 0.326 e. The Hall–Kier alpha value is -1.94. The van der Waals surface area contributed by atoms with Gasteiger partial charge in [0.1, 0.15) is 11.1 Å². The topological polar surface area (TPSA) is 61.8 Å². The molecule has 134 valence electrons. The van der Waals surface area contributed by atoms with Crippen LogP contribution in [0.5, 0.6) is 0 Å². The maximum atomic E-state index is 13.0. The number of hydrogen-bond acceptors (Lipinski definition) is 4. The Bertz CT molecular complexity index is 856. The molecule has 1 aliphatic heterocycles. The number of nitrogens with one attached hydrogen (secondary N) is 1.